The fraction of sp³-hybridized carbons (Fsp3) is 0.750. The molecule has 0 amide bonds. The van der Waals surface area contributed by atoms with E-state index in [2.05, 4.69) is 0 Å². The summed E-state index contributed by atoms with van der Waals surface area (Å²) < 4.78 is 0. The van der Waals surface area contributed by atoms with E-state index in [0.717, 1.165) is 12.8 Å². The molecule has 1 rings (SSSR count). The minimum Gasteiger partial charge on any atom is -0.481 e. The van der Waals surface area contributed by atoms with Crippen LogP contribution in [0.4, 0.5) is 0 Å². The summed E-state index contributed by atoms with van der Waals surface area (Å²) in [7, 11) is 0. The van der Waals surface area contributed by atoms with Crippen LogP contribution >= 0.6 is 0 Å². The first-order valence-electron chi connectivity index (χ1n) is 2.03. The van der Waals surface area contributed by atoms with Crippen LogP contribution in [0.2, 0.25) is 0 Å². The summed E-state index contributed by atoms with van der Waals surface area (Å²) in [6.45, 7) is 0. The minimum absolute atomic E-state index is 0. The molecule has 1 saturated carbocycles. The summed E-state index contributed by atoms with van der Waals surface area (Å²) in [5.74, 6) is -0.611. The average molecular weight is 104 g/mol. The zero-order valence-electron chi connectivity index (χ0n) is 3.85. The third-order valence-corrected chi connectivity index (χ3v) is 0.927. The van der Waals surface area contributed by atoms with Gasteiger partial charge in [-0.1, -0.05) is 0 Å². The molecule has 0 aliphatic heterocycles. The zero-order valence-corrected chi connectivity index (χ0v) is 3.85. The van der Waals surface area contributed by atoms with Crippen molar-refractivity contribution in [3.63, 3.8) is 0 Å². The van der Waals surface area contributed by atoms with Crippen LogP contribution in [0.25, 0.3) is 0 Å². The molecule has 0 saturated heterocycles. The molecule has 0 aromatic rings. The van der Waals surface area contributed by atoms with Crippen molar-refractivity contribution in [2.75, 3.05) is 0 Å². The largest absolute Gasteiger partial charge is 0.481 e. The van der Waals surface area contributed by atoms with Crippen LogP contribution in [0.15, 0.2) is 0 Å². The minimum atomic E-state index is -0.630. The van der Waals surface area contributed by atoms with Crippen molar-refractivity contribution in [3.05, 3.63) is 0 Å². The second kappa shape index (κ2) is 1.93. The van der Waals surface area contributed by atoms with Gasteiger partial charge in [0.05, 0.1) is 5.92 Å². The van der Waals surface area contributed by atoms with Crippen LogP contribution in [0.5, 0.6) is 0 Å². The lowest BCUT2D eigenvalue weighted by molar-refractivity contribution is -0.138. The van der Waals surface area contributed by atoms with E-state index in [1.54, 1.807) is 0 Å². The molecule has 1 fully saturated rings. The summed E-state index contributed by atoms with van der Waals surface area (Å²) in [6, 6.07) is 0. The van der Waals surface area contributed by atoms with Crippen LogP contribution < -0.4 is 0 Å². The summed E-state index contributed by atoms with van der Waals surface area (Å²) >= 11 is 0. The van der Waals surface area contributed by atoms with Gasteiger partial charge in [0.15, 0.2) is 0 Å². The molecule has 1 aliphatic carbocycles. The van der Waals surface area contributed by atoms with E-state index in [9.17, 15) is 4.79 Å². The van der Waals surface area contributed by atoms with Crippen molar-refractivity contribution in [3.8, 4) is 0 Å². The Morgan fingerprint density at radius 3 is 2.00 bits per heavy atom. The van der Waals surface area contributed by atoms with Crippen molar-refractivity contribution in [2.24, 2.45) is 5.92 Å². The second-order valence-electron chi connectivity index (χ2n) is 1.61. The highest BCUT2D eigenvalue weighted by Crippen LogP contribution is 2.28. The molecule has 42 valence electrons. The molecule has 3 nitrogen and oxygen atoms in total. The maximum atomic E-state index is 9.76. The third-order valence-electron chi connectivity index (χ3n) is 0.927. The molecular formula is C4H8O3. The Morgan fingerprint density at radius 1 is 1.57 bits per heavy atom. The molecule has 0 spiro atoms. The van der Waals surface area contributed by atoms with E-state index >= 15 is 0 Å². The summed E-state index contributed by atoms with van der Waals surface area (Å²) in [5, 5.41) is 8.05. The van der Waals surface area contributed by atoms with Crippen molar-refractivity contribution < 1.29 is 15.4 Å². The van der Waals surface area contributed by atoms with Gasteiger partial charge in [-0.05, 0) is 12.8 Å². The maximum absolute atomic E-state index is 9.76. The molecule has 7 heavy (non-hydrogen) atoms. The average Bonchev–Trinajstić information content (AvgIpc) is 2.06. The number of hydrogen-bond donors (Lipinski definition) is 1. The first-order valence-corrected chi connectivity index (χ1v) is 2.03. The Bertz CT molecular complexity index is 75.0. The molecule has 0 heterocycles. The van der Waals surface area contributed by atoms with E-state index in [-0.39, 0.29) is 11.4 Å². The van der Waals surface area contributed by atoms with E-state index in [1.807, 2.05) is 0 Å². The van der Waals surface area contributed by atoms with E-state index in [4.69, 9.17) is 5.11 Å². The van der Waals surface area contributed by atoms with Gasteiger partial charge in [-0.3, -0.25) is 4.79 Å². The van der Waals surface area contributed by atoms with Crippen LogP contribution in [0.1, 0.15) is 12.8 Å². The fourth-order valence-corrected chi connectivity index (χ4v) is 0.330. The Labute approximate surface area is 41.3 Å². The number of rotatable bonds is 1. The number of carboxylic acid groups (broad SMARTS) is 1. The third kappa shape index (κ3) is 1.55. The van der Waals surface area contributed by atoms with Crippen LogP contribution in [-0.2, 0) is 4.79 Å². The van der Waals surface area contributed by atoms with Gasteiger partial charge in [0.2, 0.25) is 0 Å². The first kappa shape index (κ1) is 6.43. The Kier molecular flexibility index (Phi) is 1.77. The Morgan fingerprint density at radius 2 is 2.00 bits per heavy atom. The lowest BCUT2D eigenvalue weighted by Crippen LogP contribution is -1.94. The molecule has 1 aliphatic rings. The van der Waals surface area contributed by atoms with E-state index in [0.29, 0.717) is 0 Å². The predicted octanol–water partition coefficient (Wildman–Crippen LogP) is -0.344. The van der Waals surface area contributed by atoms with Crippen LogP contribution in [0, 0.1) is 5.92 Å². The molecule has 3 N–H and O–H groups in total. The molecular weight excluding hydrogens is 96.0 g/mol. The Hall–Kier alpha value is -0.570. The van der Waals surface area contributed by atoms with Gasteiger partial charge in [-0.25, -0.2) is 0 Å². The second-order valence-corrected chi connectivity index (χ2v) is 1.61. The Balaban J connectivity index is 0.000000360. The van der Waals surface area contributed by atoms with Crippen molar-refractivity contribution in [2.45, 2.75) is 12.8 Å². The smallest absolute Gasteiger partial charge is 0.306 e. The quantitative estimate of drug-likeness (QED) is 0.494. The first-order chi connectivity index (χ1) is 2.80. The fourth-order valence-electron chi connectivity index (χ4n) is 0.330. The summed E-state index contributed by atoms with van der Waals surface area (Å²) in [5.41, 5.74) is 0. The van der Waals surface area contributed by atoms with Crippen LogP contribution in [-0.4, -0.2) is 16.6 Å². The van der Waals surface area contributed by atoms with E-state index < -0.39 is 5.97 Å². The molecule has 0 radical (unpaired) electrons. The predicted molar refractivity (Wildman–Crippen MR) is 24.0 cm³/mol. The number of aliphatic carboxylic acids is 1. The zero-order chi connectivity index (χ0) is 4.57. The summed E-state index contributed by atoms with van der Waals surface area (Å²) in [4.78, 5) is 9.76. The van der Waals surface area contributed by atoms with Gasteiger partial charge < -0.3 is 10.6 Å². The van der Waals surface area contributed by atoms with Gasteiger partial charge >= 0.3 is 5.97 Å². The van der Waals surface area contributed by atoms with Gasteiger partial charge in [-0.2, -0.15) is 0 Å². The van der Waals surface area contributed by atoms with Gasteiger partial charge in [0, 0.05) is 0 Å². The van der Waals surface area contributed by atoms with Gasteiger partial charge in [-0.15, -0.1) is 0 Å². The maximum Gasteiger partial charge on any atom is 0.306 e. The molecule has 0 aromatic carbocycles. The number of hydrogen-bond acceptors (Lipinski definition) is 1. The van der Waals surface area contributed by atoms with E-state index in [1.165, 1.54) is 0 Å². The van der Waals surface area contributed by atoms with Gasteiger partial charge in [0.25, 0.3) is 0 Å². The lowest BCUT2D eigenvalue weighted by atomic mass is 10.5. The van der Waals surface area contributed by atoms with Crippen LogP contribution in [0.3, 0.4) is 0 Å². The molecule has 0 bridgehead atoms. The highest BCUT2D eigenvalue weighted by Gasteiger charge is 2.28. The molecule has 3 heteroatoms. The normalized spacial score (nSPS) is 17.7. The van der Waals surface area contributed by atoms with Crippen molar-refractivity contribution in [1.82, 2.24) is 0 Å². The highest BCUT2D eigenvalue weighted by molar-refractivity contribution is 5.72. The van der Waals surface area contributed by atoms with Crippen molar-refractivity contribution >= 4 is 5.97 Å². The van der Waals surface area contributed by atoms with Crippen molar-refractivity contribution in [1.29, 1.82) is 0 Å². The van der Waals surface area contributed by atoms with Gasteiger partial charge in [0.1, 0.15) is 0 Å². The molecule has 0 aromatic heterocycles. The molecule has 0 atom stereocenters. The topological polar surface area (TPSA) is 68.8 Å². The highest BCUT2D eigenvalue weighted by atomic mass is 16.4. The SMILES string of the molecule is O.O=C(O)C1CC1. The standard InChI is InChI=1S/C4H6O2.H2O/c5-4(6)3-1-2-3;/h3H,1-2H2,(H,5,6);1H2. The summed E-state index contributed by atoms with van der Waals surface area (Å²) in [6.07, 6.45) is 1.80. The number of carboxylic acids is 1. The monoisotopic (exact) mass is 104 g/mol. The molecule has 0 unspecified atom stereocenters. The lowest BCUT2D eigenvalue weighted by Gasteiger charge is -1.75. The number of carbonyl (C=O) groups is 1.